The van der Waals surface area contributed by atoms with E-state index in [0.717, 1.165) is 31.9 Å². The van der Waals surface area contributed by atoms with Gasteiger partial charge in [0, 0.05) is 54.8 Å². The molecule has 1 saturated heterocycles. The van der Waals surface area contributed by atoms with Crippen LogP contribution in [-0.4, -0.2) is 58.6 Å². The normalized spacial score (nSPS) is 14.9. The fourth-order valence-electron chi connectivity index (χ4n) is 3.37. The van der Waals surface area contributed by atoms with Crippen molar-refractivity contribution in [3.63, 3.8) is 0 Å². The Morgan fingerprint density at radius 2 is 1.93 bits per heavy atom. The van der Waals surface area contributed by atoms with E-state index in [1.165, 1.54) is 4.40 Å². The van der Waals surface area contributed by atoms with Crippen molar-refractivity contribution in [2.75, 3.05) is 43.4 Å². The third-order valence-electron chi connectivity index (χ3n) is 4.98. The van der Waals surface area contributed by atoms with Gasteiger partial charge in [0.1, 0.15) is 5.65 Å². The van der Waals surface area contributed by atoms with Gasteiger partial charge in [-0.1, -0.05) is 17.7 Å². The van der Waals surface area contributed by atoms with Gasteiger partial charge in [0.2, 0.25) is 0 Å². The zero-order chi connectivity index (χ0) is 20.5. The number of aromatic carboxylic acids is 1. The van der Waals surface area contributed by atoms with Crippen LogP contribution in [0.5, 0.6) is 0 Å². The maximum Gasteiger partial charge on any atom is 0.345 e. The van der Waals surface area contributed by atoms with Crippen LogP contribution in [0.4, 0.5) is 17.2 Å². The SMILES string of the molecule is CN1CCN(c2ccn3c(=O)c(C(=O)O)c(Nc4cccc(Cl)c4)nc3c2)CC1. The van der Waals surface area contributed by atoms with Gasteiger partial charge in [0.05, 0.1) is 0 Å². The van der Waals surface area contributed by atoms with Gasteiger partial charge < -0.3 is 20.2 Å². The van der Waals surface area contributed by atoms with Crippen molar-refractivity contribution in [1.82, 2.24) is 14.3 Å². The Morgan fingerprint density at radius 3 is 2.62 bits per heavy atom. The van der Waals surface area contributed by atoms with E-state index in [2.05, 4.69) is 27.1 Å². The summed E-state index contributed by atoms with van der Waals surface area (Å²) in [4.78, 5) is 33.5. The fraction of sp³-hybridized carbons (Fsp3) is 0.250. The fourth-order valence-corrected chi connectivity index (χ4v) is 3.57. The molecule has 0 radical (unpaired) electrons. The summed E-state index contributed by atoms with van der Waals surface area (Å²) in [7, 11) is 2.08. The van der Waals surface area contributed by atoms with Gasteiger partial charge in [0.15, 0.2) is 11.4 Å². The van der Waals surface area contributed by atoms with E-state index in [1.807, 2.05) is 12.1 Å². The van der Waals surface area contributed by atoms with Gasteiger partial charge in [-0.25, -0.2) is 9.78 Å². The van der Waals surface area contributed by atoms with Gasteiger partial charge in [-0.05, 0) is 31.3 Å². The topological polar surface area (TPSA) is 90.2 Å². The number of piperazine rings is 1. The molecule has 0 bridgehead atoms. The summed E-state index contributed by atoms with van der Waals surface area (Å²) in [6, 6.07) is 10.4. The van der Waals surface area contributed by atoms with Crippen molar-refractivity contribution < 1.29 is 9.90 Å². The average Bonchev–Trinajstić information content (AvgIpc) is 2.68. The van der Waals surface area contributed by atoms with Gasteiger partial charge in [-0.3, -0.25) is 9.20 Å². The Balaban J connectivity index is 1.79. The molecule has 1 aliphatic heterocycles. The molecule has 0 atom stereocenters. The number of nitrogens with zero attached hydrogens (tertiary/aromatic N) is 4. The Bertz CT molecular complexity index is 1140. The zero-order valence-corrected chi connectivity index (χ0v) is 16.6. The molecular weight excluding hydrogens is 394 g/mol. The number of hydrogen-bond donors (Lipinski definition) is 2. The lowest BCUT2D eigenvalue weighted by Crippen LogP contribution is -2.44. The molecule has 1 aliphatic rings. The van der Waals surface area contributed by atoms with Crippen molar-refractivity contribution in [3.05, 3.63) is 63.5 Å². The number of anilines is 3. The molecule has 3 heterocycles. The number of nitrogens with one attached hydrogen (secondary N) is 1. The number of halogens is 1. The maximum absolute atomic E-state index is 12.8. The summed E-state index contributed by atoms with van der Waals surface area (Å²) >= 11 is 6.01. The lowest BCUT2D eigenvalue weighted by molar-refractivity contribution is 0.0695. The lowest BCUT2D eigenvalue weighted by Gasteiger charge is -2.34. The van der Waals surface area contributed by atoms with Crippen LogP contribution in [0.25, 0.3) is 5.65 Å². The number of aromatic nitrogens is 2. The Kier molecular flexibility index (Phi) is 5.12. The monoisotopic (exact) mass is 413 g/mol. The van der Waals surface area contributed by atoms with Crippen molar-refractivity contribution in [3.8, 4) is 0 Å². The Hall–Kier alpha value is -3.10. The summed E-state index contributed by atoms with van der Waals surface area (Å²) in [5.74, 6) is -1.36. The molecule has 0 saturated carbocycles. The number of fused-ring (bicyclic) bond motifs is 1. The maximum atomic E-state index is 12.8. The molecule has 4 rings (SSSR count). The minimum absolute atomic E-state index is 0.0136. The third-order valence-corrected chi connectivity index (χ3v) is 5.22. The molecule has 3 aromatic rings. The number of carbonyl (C=O) groups is 1. The predicted octanol–water partition coefficient (Wildman–Crippen LogP) is 2.54. The summed E-state index contributed by atoms with van der Waals surface area (Å²) in [6.45, 7) is 3.64. The first kappa shape index (κ1) is 19.2. The molecule has 2 N–H and O–H groups in total. The number of rotatable bonds is 4. The molecule has 0 spiro atoms. The van der Waals surface area contributed by atoms with E-state index >= 15 is 0 Å². The van der Waals surface area contributed by atoms with Gasteiger partial charge in [-0.2, -0.15) is 0 Å². The number of likely N-dealkylation sites (N-methyl/N-ethyl adjacent to an activating group) is 1. The minimum Gasteiger partial charge on any atom is -0.477 e. The van der Waals surface area contributed by atoms with Crippen LogP contribution in [-0.2, 0) is 0 Å². The first-order valence-electron chi connectivity index (χ1n) is 9.18. The van der Waals surface area contributed by atoms with Crippen LogP contribution in [0.1, 0.15) is 10.4 Å². The van der Waals surface area contributed by atoms with E-state index < -0.39 is 17.1 Å². The van der Waals surface area contributed by atoms with E-state index in [1.54, 1.807) is 30.5 Å². The minimum atomic E-state index is -1.34. The van der Waals surface area contributed by atoms with Crippen molar-refractivity contribution in [2.45, 2.75) is 0 Å². The number of hydrogen-bond acceptors (Lipinski definition) is 6. The van der Waals surface area contributed by atoms with Crippen LogP contribution in [0.2, 0.25) is 5.02 Å². The van der Waals surface area contributed by atoms with Crippen LogP contribution >= 0.6 is 11.6 Å². The average molecular weight is 414 g/mol. The summed E-state index contributed by atoms with van der Waals surface area (Å²) in [5, 5.41) is 13.0. The zero-order valence-electron chi connectivity index (χ0n) is 15.8. The molecule has 8 nitrogen and oxygen atoms in total. The number of pyridine rings is 1. The summed E-state index contributed by atoms with van der Waals surface area (Å²) < 4.78 is 1.26. The smallest absolute Gasteiger partial charge is 0.345 e. The van der Waals surface area contributed by atoms with Crippen molar-refractivity contribution in [1.29, 1.82) is 0 Å². The molecule has 0 amide bonds. The standard InChI is InChI=1S/C20H20ClN5O3/c1-24-7-9-25(10-8-24)15-5-6-26-16(12-15)23-18(17(19(26)27)20(28)29)22-14-4-2-3-13(21)11-14/h2-6,11-12,22H,7-10H2,1H3,(H,28,29). The number of carboxylic acid groups (broad SMARTS) is 1. The molecule has 0 unspecified atom stereocenters. The van der Waals surface area contributed by atoms with Gasteiger partial charge >= 0.3 is 5.97 Å². The molecule has 150 valence electrons. The second-order valence-electron chi connectivity index (χ2n) is 6.98. The Labute approximate surface area is 172 Å². The quantitative estimate of drug-likeness (QED) is 0.679. The summed E-state index contributed by atoms with van der Waals surface area (Å²) in [6.07, 6.45) is 1.58. The molecule has 2 aromatic heterocycles. The van der Waals surface area contributed by atoms with Crippen LogP contribution in [0.15, 0.2) is 47.4 Å². The van der Waals surface area contributed by atoms with Crippen LogP contribution in [0.3, 0.4) is 0 Å². The van der Waals surface area contributed by atoms with Crippen LogP contribution in [0, 0.1) is 0 Å². The molecule has 1 fully saturated rings. The van der Waals surface area contributed by atoms with E-state index in [4.69, 9.17) is 11.6 Å². The van der Waals surface area contributed by atoms with E-state index in [9.17, 15) is 14.7 Å². The van der Waals surface area contributed by atoms with E-state index in [-0.39, 0.29) is 5.82 Å². The first-order valence-corrected chi connectivity index (χ1v) is 9.56. The highest BCUT2D eigenvalue weighted by Crippen LogP contribution is 2.23. The predicted molar refractivity (Wildman–Crippen MR) is 113 cm³/mol. The Morgan fingerprint density at radius 1 is 1.17 bits per heavy atom. The van der Waals surface area contributed by atoms with Crippen LogP contribution < -0.4 is 15.8 Å². The van der Waals surface area contributed by atoms with Crippen molar-refractivity contribution in [2.24, 2.45) is 0 Å². The molecular formula is C20H20ClN5O3. The highest BCUT2D eigenvalue weighted by molar-refractivity contribution is 6.30. The van der Waals surface area contributed by atoms with Gasteiger partial charge in [0.25, 0.3) is 5.56 Å². The first-order chi connectivity index (χ1) is 13.9. The van der Waals surface area contributed by atoms with E-state index in [0.29, 0.717) is 16.4 Å². The highest BCUT2D eigenvalue weighted by atomic mass is 35.5. The summed E-state index contributed by atoms with van der Waals surface area (Å²) in [5.41, 5.74) is 0.806. The number of benzene rings is 1. The molecule has 29 heavy (non-hydrogen) atoms. The molecule has 0 aliphatic carbocycles. The lowest BCUT2D eigenvalue weighted by atomic mass is 10.2. The highest BCUT2D eigenvalue weighted by Gasteiger charge is 2.21. The van der Waals surface area contributed by atoms with Gasteiger partial charge in [-0.15, -0.1) is 0 Å². The second-order valence-corrected chi connectivity index (χ2v) is 7.42. The largest absolute Gasteiger partial charge is 0.477 e. The van der Waals surface area contributed by atoms with Crippen molar-refractivity contribution >= 4 is 40.4 Å². The number of carboxylic acids is 1. The third kappa shape index (κ3) is 3.90. The molecule has 9 heteroatoms. The second kappa shape index (κ2) is 7.73. The molecule has 1 aromatic carbocycles.